The van der Waals surface area contributed by atoms with Gasteiger partial charge >= 0.3 is 0 Å². The van der Waals surface area contributed by atoms with Crippen LogP contribution < -0.4 is 29.6 Å². The van der Waals surface area contributed by atoms with Gasteiger partial charge in [-0.3, -0.25) is 14.6 Å². The minimum absolute atomic E-state index is 0.00643. The van der Waals surface area contributed by atoms with Gasteiger partial charge in [-0.1, -0.05) is 67.8 Å². The summed E-state index contributed by atoms with van der Waals surface area (Å²) in [6.07, 6.45) is 5.70. The number of likely N-dealkylation sites (N-methyl/N-ethyl adjacent to an activating group) is 1. The normalized spacial score (nSPS) is 21.1. The van der Waals surface area contributed by atoms with E-state index < -0.39 is 12.3 Å². The van der Waals surface area contributed by atoms with Gasteiger partial charge in [0.1, 0.15) is 19.4 Å². The fraction of sp³-hybridized carbons (Fsp3) is 0.298. The van der Waals surface area contributed by atoms with E-state index in [1.807, 2.05) is 47.4 Å². The molecule has 2 unspecified atom stereocenters. The van der Waals surface area contributed by atoms with E-state index in [1.54, 1.807) is 60.4 Å². The molecule has 4 atom stereocenters. The highest BCUT2D eigenvalue weighted by Gasteiger charge is 2.42. The number of anilines is 1. The Labute approximate surface area is 344 Å². The van der Waals surface area contributed by atoms with Gasteiger partial charge in [-0.25, -0.2) is 0 Å². The Bertz CT molecular complexity index is 2390. The summed E-state index contributed by atoms with van der Waals surface area (Å²) in [7, 11) is 4.83. The standard InChI is InChI=1S/C47H49N5O7/c1-6-12-34(27-59-44-23-38-36(22-42(44)57-5)46(54)52-25-31-16-11-9-14-29(31)19-40(52)47(55)50(38)3)49-33(7-2)26-58-43-20-32-17-37(48)39-18-28-13-8-10-15-30(28)24-51(39)45(53)35(32)21-41(43)56-4/h6-16,20-23,37,39-40,47,55H,1-2,17-19,24-27,48H2,3-5H3/b34-12-,49-33?/t37?,39-,40-,47?/m0/s1. The first-order valence-electron chi connectivity index (χ1n) is 19.7. The van der Waals surface area contributed by atoms with E-state index in [0.29, 0.717) is 83.6 Å². The molecular formula is C47H49N5O7. The zero-order valence-electron chi connectivity index (χ0n) is 33.6. The number of allylic oxidation sites excluding steroid dienone is 2. The molecule has 0 aliphatic carbocycles. The summed E-state index contributed by atoms with van der Waals surface area (Å²) < 4.78 is 24.1. The summed E-state index contributed by atoms with van der Waals surface area (Å²) in [5, 5.41) is 11.6. The molecule has 59 heavy (non-hydrogen) atoms. The lowest BCUT2D eigenvalue weighted by atomic mass is 9.89. The lowest BCUT2D eigenvalue weighted by Crippen LogP contribution is -2.53. The molecule has 4 aliphatic heterocycles. The lowest BCUT2D eigenvalue weighted by molar-refractivity contribution is 0.0326. The second kappa shape index (κ2) is 16.5. The quantitative estimate of drug-likeness (QED) is 0.146. The van der Waals surface area contributed by atoms with Gasteiger partial charge in [0.15, 0.2) is 23.0 Å². The summed E-state index contributed by atoms with van der Waals surface area (Å²) in [6, 6.07) is 22.4. The molecule has 0 spiro atoms. The number of hydrogen-bond acceptors (Lipinski definition) is 10. The topological polar surface area (TPSA) is 139 Å². The molecule has 0 fully saturated rings. The molecule has 304 valence electrons. The zero-order chi connectivity index (χ0) is 41.4. The number of benzene rings is 4. The van der Waals surface area contributed by atoms with Gasteiger partial charge in [0.05, 0.1) is 49.0 Å². The van der Waals surface area contributed by atoms with Crippen molar-refractivity contribution in [2.75, 3.05) is 39.4 Å². The molecule has 2 amide bonds. The second-order valence-electron chi connectivity index (χ2n) is 15.3. The van der Waals surface area contributed by atoms with Crippen LogP contribution in [0.3, 0.4) is 0 Å². The predicted octanol–water partition coefficient (Wildman–Crippen LogP) is 5.64. The van der Waals surface area contributed by atoms with Crippen LogP contribution in [0.5, 0.6) is 23.0 Å². The Hall–Kier alpha value is -6.37. The number of nitrogens with zero attached hydrogens (tertiary/aromatic N) is 4. The largest absolute Gasteiger partial charge is 0.493 e. The molecule has 0 aromatic heterocycles. The van der Waals surface area contributed by atoms with Crippen LogP contribution in [0.25, 0.3) is 0 Å². The van der Waals surface area contributed by atoms with Crippen molar-refractivity contribution in [1.82, 2.24) is 9.80 Å². The number of fused-ring (bicyclic) bond motifs is 6. The van der Waals surface area contributed by atoms with Crippen molar-refractivity contribution < 1.29 is 33.6 Å². The molecule has 0 bridgehead atoms. The Balaban J connectivity index is 0.996. The van der Waals surface area contributed by atoms with E-state index in [2.05, 4.69) is 25.3 Å². The van der Waals surface area contributed by atoms with Crippen LogP contribution in [0.1, 0.15) is 48.5 Å². The Morgan fingerprint density at radius 3 is 1.95 bits per heavy atom. The maximum absolute atomic E-state index is 14.1. The van der Waals surface area contributed by atoms with E-state index in [4.69, 9.17) is 29.7 Å². The Morgan fingerprint density at radius 2 is 1.32 bits per heavy atom. The fourth-order valence-corrected chi connectivity index (χ4v) is 8.69. The van der Waals surface area contributed by atoms with Crippen LogP contribution in [-0.4, -0.2) is 91.3 Å². The lowest BCUT2D eigenvalue weighted by Gasteiger charge is -2.39. The number of methoxy groups -OCH3 is 2. The molecule has 8 rings (SSSR count). The van der Waals surface area contributed by atoms with Crippen LogP contribution in [0.2, 0.25) is 0 Å². The van der Waals surface area contributed by atoms with Crippen LogP contribution in [0.4, 0.5) is 5.69 Å². The first-order valence-corrected chi connectivity index (χ1v) is 19.7. The number of nitrogens with two attached hydrogens (primary N) is 1. The molecule has 4 heterocycles. The third-order valence-corrected chi connectivity index (χ3v) is 11.9. The van der Waals surface area contributed by atoms with Crippen LogP contribution in [0.15, 0.2) is 115 Å². The van der Waals surface area contributed by atoms with Gasteiger partial charge in [-0.2, -0.15) is 0 Å². The van der Waals surface area contributed by atoms with E-state index in [-0.39, 0.29) is 37.1 Å². The molecule has 12 nitrogen and oxygen atoms in total. The smallest absolute Gasteiger partial charge is 0.256 e. The van der Waals surface area contributed by atoms with Gasteiger partial charge in [-0.15, -0.1) is 0 Å². The number of rotatable bonds is 11. The molecular weight excluding hydrogens is 747 g/mol. The van der Waals surface area contributed by atoms with Crippen molar-refractivity contribution in [3.63, 3.8) is 0 Å². The number of ether oxygens (including phenoxy) is 4. The highest BCUT2D eigenvalue weighted by atomic mass is 16.5. The fourth-order valence-electron chi connectivity index (χ4n) is 8.69. The number of aliphatic imine (C=N–C) groups is 1. The Morgan fingerprint density at radius 1 is 0.763 bits per heavy atom. The van der Waals surface area contributed by atoms with Gasteiger partial charge in [-0.05, 0) is 77.4 Å². The number of amides is 2. The van der Waals surface area contributed by atoms with Crippen LogP contribution in [0, 0.1) is 0 Å². The number of aliphatic hydroxyl groups is 1. The summed E-state index contributed by atoms with van der Waals surface area (Å²) in [5.41, 5.74) is 14.6. The molecule has 12 heteroatoms. The van der Waals surface area contributed by atoms with Crippen molar-refractivity contribution >= 4 is 23.2 Å². The third kappa shape index (κ3) is 7.45. The molecule has 3 N–H and O–H groups in total. The van der Waals surface area contributed by atoms with E-state index >= 15 is 0 Å². The summed E-state index contributed by atoms with van der Waals surface area (Å²) in [5.74, 6) is 1.32. The van der Waals surface area contributed by atoms with Gasteiger partial charge in [0.2, 0.25) is 0 Å². The van der Waals surface area contributed by atoms with Gasteiger partial charge in [0, 0.05) is 37.8 Å². The van der Waals surface area contributed by atoms with Gasteiger partial charge in [0.25, 0.3) is 11.8 Å². The summed E-state index contributed by atoms with van der Waals surface area (Å²) in [6.45, 7) is 8.78. The van der Waals surface area contributed by atoms with E-state index in [0.717, 1.165) is 22.3 Å². The van der Waals surface area contributed by atoms with Crippen LogP contribution >= 0.6 is 0 Å². The minimum Gasteiger partial charge on any atom is -0.493 e. The van der Waals surface area contributed by atoms with Gasteiger partial charge < -0.3 is 44.5 Å². The SMILES string of the molecule is C=C/C=C(/COc1cc2c(cc1OC)C(=O)N1Cc3ccccc3C[C@H]1C(O)N2C)N=C(C=C)COc1cc2c(cc1OC)C(=O)N1Cc3ccccc3C[C@H]1C(N)C2. The van der Waals surface area contributed by atoms with Crippen molar-refractivity contribution in [1.29, 1.82) is 0 Å². The Kier molecular flexibility index (Phi) is 11.0. The third-order valence-electron chi connectivity index (χ3n) is 11.9. The zero-order valence-corrected chi connectivity index (χ0v) is 33.6. The maximum Gasteiger partial charge on any atom is 0.256 e. The molecule has 0 radical (unpaired) electrons. The highest BCUT2D eigenvalue weighted by Crippen LogP contribution is 2.41. The first kappa shape index (κ1) is 39.5. The average Bonchev–Trinajstić information content (AvgIpc) is 3.40. The first-order chi connectivity index (χ1) is 28.6. The van der Waals surface area contributed by atoms with Crippen LogP contribution in [-0.2, 0) is 32.4 Å². The molecule has 0 saturated heterocycles. The van der Waals surface area contributed by atoms with Crippen molar-refractivity contribution in [2.45, 2.75) is 56.7 Å². The predicted molar refractivity (Wildman–Crippen MR) is 227 cm³/mol. The molecule has 4 aliphatic rings. The van der Waals surface area contributed by atoms with E-state index in [1.165, 1.54) is 12.7 Å². The maximum atomic E-state index is 14.1. The number of carbonyl (C=O) groups excluding carboxylic acids is 2. The summed E-state index contributed by atoms with van der Waals surface area (Å²) in [4.78, 5) is 38.2. The van der Waals surface area contributed by atoms with Crippen molar-refractivity contribution in [3.8, 4) is 23.0 Å². The van der Waals surface area contributed by atoms with E-state index in [9.17, 15) is 14.7 Å². The molecule has 4 aromatic rings. The molecule has 4 aromatic carbocycles. The minimum atomic E-state index is -0.957. The second-order valence-corrected chi connectivity index (χ2v) is 15.3. The highest BCUT2D eigenvalue weighted by molar-refractivity contribution is 6.02. The number of carbonyl (C=O) groups is 2. The molecule has 0 saturated carbocycles. The monoisotopic (exact) mass is 795 g/mol. The number of aliphatic hydroxyl groups excluding tert-OH is 1. The number of hydrogen-bond donors (Lipinski definition) is 2. The van der Waals surface area contributed by atoms with Crippen molar-refractivity contribution in [3.05, 3.63) is 149 Å². The average molecular weight is 796 g/mol. The summed E-state index contributed by atoms with van der Waals surface area (Å²) >= 11 is 0. The van der Waals surface area contributed by atoms with Crippen molar-refractivity contribution in [2.24, 2.45) is 10.7 Å².